The van der Waals surface area contributed by atoms with Gasteiger partial charge in [0.1, 0.15) is 0 Å². The first-order valence-corrected chi connectivity index (χ1v) is 3.87. The maximum absolute atomic E-state index is 9.13. The molecule has 0 unspecified atom stereocenters. The van der Waals surface area contributed by atoms with Crippen LogP contribution in [0.2, 0.25) is 0 Å². The number of benzene rings is 1. The van der Waals surface area contributed by atoms with Gasteiger partial charge in [-0.05, 0) is 5.56 Å². The second-order valence-corrected chi connectivity index (χ2v) is 2.32. The summed E-state index contributed by atoms with van der Waals surface area (Å²) in [4.78, 5) is 9.13. The van der Waals surface area contributed by atoms with Crippen LogP contribution in [0.1, 0.15) is 5.56 Å². The lowest BCUT2D eigenvalue weighted by atomic mass is 10.2. The number of carbonyl (C=O) groups is 1. The van der Waals surface area contributed by atoms with E-state index in [0.717, 1.165) is 6.42 Å². The highest BCUT2D eigenvalue weighted by Crippen LogP contribution is 1.96. The van der Waals surface area contributed by atoms with Crippen molar-refractivity contribution in [3.63, 3.8) is 0 Å². The van der Waals surface area contributed by atoms with E-state index in [-0.39, 0.29) is 0 Å². The van der Waals surface area contributed by atoms with Gasteiger partial charge in [0.05, 0.1) is 0 Å². The van der Waals surface area contributed by atoms with Crippen molar-refractivity contribution >= 4 is 5.97 Å². The highest BCUT2D eigenvalue weighted by molar-refractivity contribution is 5.85. The second kappa shape index (κ2) is 7.46. The number of hydrogen-bond donors (Lipinski definition) is 1. The second-order valence-electron chi connectivity index (χ2n) is 2.32. The van der Waals surface area contributed by atoms with Crippen LogP contribution in [-0.4, -0.2) is 11.1 Å². The van der Waals surface area contributed by atoms with E-state index in [1.54, 1.807) is 0 Å². The summed E-state index contributed by atoms with van der Waals surface area (Å²) >= 11 is 0. The number of terminal acetylenes is 2. The molecule has 0 spiro atoms. The zero-order chi connectivity index (χ0) is 10.8. The first kappa shape index (κ1) is 11.8. The lowest BCUT2D eigenvalue weighted by Gasteiger charge is -1.89. The first-order valence-electron chi connectivity index (χ1n) is 3.87. The van der Waals surface area contributed by atoms with Crippen LogP contribution in [0.5, 0.6) is 0 Å². The van der Waals surface area contributed by atoms with Crippen molar-refractivity contribution in [2.75, 3.05) is 0 Å². The van der Waals surface area contributed by atoms with Crippen LogP contribution in [0, 0.1) is 24.7 Å². The predicted octanol–water partition coefficient (Wildman–Crippen LogP) is 1.57. The van der Waals surface area contributed by atoms with Crippen LogP contribution in [-0.2, 0) is 11.2 Å². The average Bonchev–Trinajstić information content (AvgIpc) is 2.21. The van der Waals surface area contributed by atoms with Crippen LogP contribution in [0.4, 0.5) is 0 Å². The summed E-state index contributed by atoms with van der Waals surface area (Å²) in [6.07, 6.45) is 10.2. The molecule has 0 aliphatic heterocycles. The summed E-state index contributed by atoms with van der Waals surface area (Å²) < 4.78 is 0. The molecule has 0 amide bonds. The molecular weight excluding hydrogens is 176 g/mol. The van der Waals surface area contributed by atoms with Crippen LogP contribution < -0.4 is 0 Å². The van der Waals surface area contributed by atoms with E-state index >= 15 is 0 Å². The van der Waals surface area contributed by atoms with Crippen LogP contribution >= 0.6 is 0 Å². The van der Waals surface area contributed by atoms with Gasteiger partial charge in [0.15, 0.2) is 0 Å². The van der Waals surface area contributed by atoms with Crippen molar-refractivity contribution in [1.82, 2.24) is 0 Å². The number of carboxylic acid groups (broad SMARTS) is 1. The zero-order valence-corrected chi connectivity index (χ0v) is 7.60. The average molecular weight is 186 g/mol. The number of hydrogen-bond acceptors (Lipinski definition) is 1. The minimum absolute atomic E-state index is 0.737. The van der Waals surface area contributed by atoms with E-state index in [4.69, 9.17) is 16.3 Å². The monoisotopic (exact) mass is 186 g/mol. The van der Waals surface area contributed by atoms with Crippen LogP contribution in [0.25, 0.3) is 0 Å². The molecular formula is C12H10O2. The van der Waals surface area contributed by atoms with Gasteiger partial charge in [-0.1, -0.05) is 30.3 Å². The van der Waals surface area contributed by atoms with Crippen molar-refractivity contribution in [3.05, 3.63) is 35.9 Å². The smallest absolute Gasteiger partial charge is 0.381 e. The summed E-state index contributed by atoms with van der Waals surface area (Å²) in [6, 6.07) is 10.0. The van der Waals surface area contributed by atoms with Crippen molar-refractivity contribution < 1.29 is 9.90 Å². The Morgan fingerprint density at radius 1 is 1.29 bits per heavy atom. The molecule has 0 fully saturated rings. The molecule has 1 rings (SSSR count). The largest absolute Gasteiger partial charge is 0.472 e. The maximum Gasteiger partial charge on any atom is 0.381 e. The minimum Gasteiger partial charge on any atom is -0.472 e. The Labute approximate surface area is 83.6 Å². The molecule has 0 aliphatic rings. The lowest BCUT2D eigenvalue weighted by molar-refractivity contribution is -0.130. The van der Waals surface area contributed by atoms with E-state index < -0.39 is 5.97 Å². The number of carboxylic acids is 1. The van der Waals surface area contributed by atoms with Gasteiger partial charge in [0.2, 0.25) is 0 Å². The van der Waals surface area contributed by atoms with E-state index in [1.165, 1.54) is 11.5 Å². The van der Waals surface area contributed by atoms with E-state index in [9.17, 15) is 0 Å². The molecule has 0 saturated heterocycles. The third kappa shape index (κ3) is 6.52. The minimum atomic E-state index is -1.22. The van der Waals surface area contributed by atoms with Crippen molar-refractivity contribution in [2.24, 2.45) is 0 Å². The summed E-state index contributed by atoms with van der Waals surface area (Å²) in [5, 5.41) is 7.49. The Kier molecular flexibility index (Phi) is 6.29. The molecule has 1 N–H and O–H groups in total. The zero-order valence-electron chi connectivity index (χ0n) is 7.60. The molecule has 0 aliphatic carbocycles. The van der Waals surface area contributed by atoms with Gasteiger partial charge in [0, 0.05) is 12.3 Å². The summed E-state index contributed by atoms with van der Waals surface area (Å²) in [6.45, 7) is 0. The van der Waals surface area contributed by atoms with Crippen molar-refractivity contribution in [2.45, 2.75) is 6.42 Å². The highest BCUT2D eigenvalue weighted by atomic mass is 16.4. The molecule has 14 heavy (non-hydrogen) atoms. The van der Waals surface area contributed by atoms with E-state index in [0.29, 0.717) is 0 Å². The lowest BCUT2D eigenvalue weighted by Crippen LogP contribution is -1.83. The SMILES string of the molecule is C#CC(=O)O.C#CCc1ccccc1. The van der Waals surface area contributed by atoms with Gasteiger partial charge >= 0.3 is 5.97 Å². The molecule has 1 aromatic carbocycles. The Morgan fingerprint density at radius 2 is 1.79 bits per heavy atom. The molecule has 0 heterocycles. The molecule has 0 aromatic heterocycles. The van der Waals surface area contributed by atoms with Gasteiger partial charge in [-0.2, -0.15) is 0 Å². The predicted molar refractivity (Wildman–Crippen MR) is 55.4 cm³/mol. The van der Waals surface area contributed by atoms with Gasteiger partial charge in [-0.15, -0.1) is 18.8 Å². The van der Waals surface area contributed by atoms with Crippen LogP contribution in [0.15, 0.2) is 30.3 Å². The van der Waals surface area contributed by atoms with E-state index in [1.807, 2.05) is 30.3 Å². The van der Waals surface area contributed by atoms with Crippen molar-refractivity contribution in [1.29, 1.82) is 0 Å². The maximum atomic E-state index is 9.13. The Hall–Kier alpha value is -2.19. The highest BCUT2D eigenvalue weighted by Gasteiger charge is 1.82. The summed E-state index contributed by atoms with van der Waals surface area (Å²) in [5.41, 5.74) is 1.21. The Balaban J connectivity index is 0.000000292. The van der Waals surface area contributed by atoms with Crippen LogP contribution in [0.3, 0.4) is 0 Å². The van der Waals surface area contributed by atoms with Crippen molar-refractivity contribution in [3.8, 4) is 24.7 Å². The third-order valence-electron chi connectivity index (χ3n) is 1.27. The number of rotatable bonds is 1. The molecule has 0 bridgehead atoms. The molecule has 1 aromatic rings. The fourth-order valence-electron chi connectivity index (χ4n) is 0.714. The van der Waals surface area contributed by atoms with E-state index in [2.05, 4.69) is 12.3 Å². The van der Waals surface area contributed by atoms with Gasteiger partial charge in [-0.25, -0.2) is 4.79 Å². The van der Waals surface area contributed by atoms with Gasteiger partial charge in [0.25, 0.3) is 0 Å². The Morgan fingerprint density at radius 3 is 2.14 bits per heavy atom. The molecule has 0 saturated carbocycles. The molecule has 70 valence electrons. The molecule has 0 radical (unpaired) electrons. The van der Waals surface area contributed by atoms with Gasteiger partial charge < -0.3 is 5.11 Å². The van der Waals surface area contributed by atoms with Gasteiger partial charge in [-0.3, -0.25) is 0 Å². The summed E-state index contributed by atoms with van der Waals surface area (Å²) in [7, 11) is 0. The fourth-order valence-corrected chi connectivity index (χ4v) is 0.714. The summed E-state index contributed by atoms with van der Waals surface area (Å²) in [5.74, 6) is 2.81. The first-order chi connectivity index (χ1) is 6.70. The Bertz CT molecular complexity index is 352. The quantitative estimate of drug-likeness (QED) is 0.676. The topological polar surface area (TPSA) is 37.3 Å². The normalized spacial score (nSPS) is 7.29. The molecule has 2 nitrogen and oxygen atoms in total. The fraction of sp³-hybridized carbons (Fsp3) is 0.0833. The third-order valence-corrected chi connectivity index (χ3v) is 1.27. The standard InChI is InChI=1S/C9H8.C3H2O2/c1-2-6-9-7-4-3-5-8-9;1-2-3(4)5/h1,3-5,7-8H,6H2;1H,(H,4,5). The molecule has 2 heteroatoms. The number of aliphatic carboxylic acids is 1. The molecule has 0 atom stereocenters.